The van der Waals surface area contributed by atoms with Crippen molar-refractivity contribution in [3.05, 3.63) is 200 Å². The van der Waals surface area contributed by atoms with Crippen LogP contribution in [-0.2, 0) is 0 Å². The Balaban J connectivity index is 1.27. The molecule has 1 heterocycles. The van der Waals surface area contributed by atoms with Crippen molar-refractivity contribution in [2.24, 2.45) is 0 Å². The fourth-order valence-electron chi connectivity index (χ4n) is 6.49. The summed E-state index contributed by atoms with van der Waals surface area (Å²) in [6, 6.07) is 23.7. The Hall–Kier alpha value is -7.23. The molecule has 0 atom stereocenters. The highest BCUT2D eigenvalue weighted by Gasteiger charge is 2.15. The summed E-state index contributed by atoms with van der Waals surface area (Å²) in [5, 5.41) is -2.19. The van der Waals surface area contributed by atoms with Crippen LogP contribution in [0.5, 0.6) is 0 Å². The molecule has 3 heteroatoms. The Morgan fingerprint density at radius 2 is 0.630 bits per heavy atom. The van der Waals surface area contributed by atoms with Gasteiger partial charge in [-0.2, -0.15) is 0 Å². The van der Waals surface area contributed by atoms with Gasteiger partial charge in [-0.1, -0.05) is 188 Å². The molecule has 0 amide bonds. The first-order chi connectivity index (χ1) is 33.0. The third-order valence-corrected chi connectivity index (χ3v) is 9.17. The summed E-state index contributed by atoms with van der Waals surface area (Å²) in [6.07, 6.45) is 0. The molecule has 0 N–H and O–H groups in total. The Morgan fingerprint density at radius 1 is 0.259 bits per heavy atom. The Kier molecular flexibility index (Phi) is 4.85. The molecule has 0 aliphatic carbocycles. The second kappa shape index (κ2) is 13.4. The van der Waals surface area contributed by atoms with Crippen LogP contribution in [0.3, 0.4) is 0 Å². The van der Waals surface area contributed by atoms with Gasteiger partial charge in [-0.05, 0) is 77.8 Å². The predicted octanol–water partition coefficient (Wildman–Crippen LogP) is 13.3. The average molecular weight is 703 g/mol. The predicted molar refractivity (Wildman–Crippen MR) is 225 cm³/mol. The van der Waals surface area contributed by atoms with Crippen molar-refractivity contribution in [2.45, 2.75) is 0 Å². The molecule has 0 spiro atoms. The lowest BCUT2D eigenvalue weighted by atomic mass is 9.92. The molecule has 0 fully saturated rings. The smallest absolute Gasteiger partial charge is 0.164 e. The van der Waals surface area contributed by atoms with E-state index in [9.17, 15) is 8.22 Å². The van der Waals surface area contributed by atoms with Crippen LogP contribution in [-0.4, -0.2) is 15.0 Å². The fraction of sp³-hybridized carbons (Fsp3) is 0. The van der Waals surface area contributed by atoms with Crippen molar-refractivity contribution in [1.29, 1.82) is 0 Å². The molecule has 10 aromatic rings. The first kappa shape index (κ1) is 19.6. The molecule has 0 saturated heterocycles. The Labute approximate surface area is 335 Å². The second-order valence-electron chi connectivity index (χ2n) is 12.4. The molecular weight excluding hydrogens is 655 g/mol. The molecule has 0 bridgehead atoms. The van der Waals surface area contributed by atoms with Crippen molar-refractivity contribution in [3.63, 3.8) is 0 Å². The number of hydrogen-bond acceptors (Lipinski definition) is 3. The van der Waals surface area contributed by atoms with E-state index in [0.29, 0.717) is 11.1 Å². The van der Waals surface area contributed by atoms with E-state index in [1.165, 1.54) is 0 Å². The maximum absolute atomic E-state index is 9.76. The molecule has 0 aliphatic heterocycles. The maximum Gasteiger partial charge on any atom is 0.164 e. The highest BCUT2D eigenvalue weighted by molar-refractivity contribution is 6.25. The number of aromatic nitrogens is 3. The Morgan fingerprint density at radius 3 is 1.13 bits per heavy atom. The van der Waals surface area contributed by atoms with Gasteiger partial charge in [0.1, 0.15) is 0 Å². The number of nitrogens with zero attached hydrogens (tertiary/aromatic N) is 3. The van der Waals surface area contributed by atoms with E-state index < -0.39 is 107 Å². The molecule has 0 aliphatic rings. The van der Waals surface area contributed by atoms with Crippen LogP contribution in [0, 0.1) is 0 Å². The van der Waals surface area contributed by atoms with E-state index in [0.717, 1.165) is 22.3 Å². The first-order valence-corrected chi connectivity index (χ1v) is 17.1. The van der Waals surface area contributed by atoms with E-state index in [1.54, 1.807) is 0 Å². The van der Waals surface area contributed by atoms with Crippen LogP contribution >= 0.6 is 0 Å². The Bertz CT molecular complexity index is 3670. The largest absolute Gasteiger partial charge is 0.208 e. The minimum atomic E-state index is -0.777. The standard InChI is InChI=1S/C51H33N3/c1-3-12-34(13-4-1)36-22-26-38(27-23-36)49-52-50(39-28-24-37(25-29-39)35-14-5-2-6-15-35)54-51(53-49)42-17-11-16-40(32-42)41-30-31-47-45-20-8-7-18-43(45)44-19-9-10-21-46(44)48(47)33-41/h1-33H/i7D,8D,9D,10D,11D,16D,17D,18D,19D,20D,21D,30D,31D,32D,33D. The van der Waals surface area contributed by atoms with Crippen molar-refractivity contribution >= 4 is 32.3 Å². The van der Waals surface area contributed by atoms with Gasteiger partial charge in [-0.25, -0.2) is 15.0 Å². The molecule has 1 aromatic heterocycles. The summed E-state index contributed by atoms with van der Waals surface area (Å²) in [5.74, 6) is 0.0368. The third-order valence-electron chi connectivity index (χ3n) is 9.17. The molecule has 0 unspecified atom stereocenters. The van der Waals surface area contributed by atoms with E-state index >= 15 is 0 Å². The minimum absolute atomic E-state index is 0.141. The third kappa shape index (κ3) is 5.78. The number of hydrogen-bond donors (Lipinski definition) is 0. The van der Waals surface area contributed by atoms with Crippen molar-refractivity contribution in [2.75, 3.05) is 0 Å². The molecular formula is C51H33N3. The van der Waals surface area contributed by atoms with Gasteiger partial charge in [0.25, 0.3) is 0 Å². The minimum Gasteiger partial charge on any atom is -0.208 e. The topological polar surface area (TPSA) is 38.7 Å². The van der Waals surface area contributed by atoms with Gasteiger partial charge in [-0.15, -0.1) is 0 Å². The summed E-state index contributed by atoms with van der Waals surface area (Å²) >= 11 is 0. The summed E-state index contributed by atoms with van der Waals surface area (Å²) in [7, 11) is 0. The van der Waals surface area contributed by atoms with E-state index in [2.05, 4.69) is 0 Å². The summed E-state index contributed by atoms with van der Waals surface area (Å²) in [4.78, 5) is 14.4. The van der Waals surface area contributed by atoms with E-state index in [-0.39, 0.29) is 50.0 Å². The lowest BCUT2D eigenvalue weighted by molar-refractivity contribution is 1.07. The molecule has 252 valence electrons. The van der Waals surface area contributed by atoms with Gasteiger partial charge in [0.15, 0.2) is 17.5 Å². The van der Waals surface area contributed by atoms with E-state index in [1.807, 2.05) is 109 Å². The molecule has 54 heavy (non-hydrogen) atoms. The molecule has 3 nitrogen and oxygen atoms in total. The van der Waals surface area contributed by atoms with Gasteiger partial charge < -0.3 is 0 Å². The van der Waals surface area contributed by atoms with Crippen LogP contribution in [0.1, 0.15) is 20.6 Å². The number of fused-ring (bicyclic) bond motifs is 6. The number of benzene rings is 9. The SMILES string of the molecule is [2H]c1c([2H])c(-c2nc(-c3ccc(-c4ccccc4)cc3)nc(-c3ccc(-c4ccccc4)cc3)n2)c([2H])c(-c2c([2H])c([2H])c3c4c([2H])c([2H])c([2H])c([2H])c4c4c([2H])c([2H])c([2H])c([2H])c4c3c2[2H])c1[2H]. The summed E-state index contributed by atoms with van der Waals surface area (Å²) in [5.41, 5.74) is 3.40. The zero-order valence-corrected chi connectivity index (χ0v) is 28.2. The van der Waals surface area contributed by atoms with Gasteiger partial charge in [0.2, 0.25) is 0 Å². The quantitative estimate of drug-likeness (QED) is 0.162. The van der Waals surface area contributed by atoms with Gasteiger partial charge in [-0.3, -0.25) is 0 Å². The second-order valence-corrected chi connectivity index (χ2v) is 12.4. The van der Waals surface area contributed by atoms with Crippen molar-refractivity contribution < 1.29 is 20.6 Å². The normalized spacial score (nSPS) is 15.2. The highest BCUT2D eigenvalue weighted by Crippen LogP contribution is 2.38. The summed E-state index contributed by atoms with van der Waals surface area (Å²) < 4.78 is 136. The molecule has 0 saturated carbocycles. The van der Waals surface area contributed by atoms with Gasteiger partial charge >= 0.3 is 0 Å². The zero-order chi connectivity index (χ0) is 48.9. The average Bonchev–Trinajstić information content (AvgIpc) is 3.37. The van der Waals surface area contributed by atoms with Crippen molar-refractivity contribution in [3.8, 4) is 67.5 Å². The fourth-order valence-corrected chi connectivity index (χ4v) is 6.49. The lowest BCUT2D eigenvalue weighted by Gasteiger charge is -2.13. The zero-order valence-electron chi connectivity index (χ0n) is 43.2. The molecule has 10 rings (SSSR count). The van der Waals surface area contributed by atoms with E-state index in [4.69, 9.17) is 27.3 Å². The van der Waals surface area contributed by atoms with Crippen LogP contribution in [0.25, 0.3) is 99.9 Å². The van der Waals surface area contributed by atoms with Crippen LogP contribution in [0.15, 0.2) is 200 Å². The monoisotopic (exact) mass is 702 g/mol. The lowest BCUT2D eigenvalue weighted by Crippen LogP contribution is -2.00. The molecule has 0 radical (unpaired) electrons. The number of rotatable bonds is 6. The van der Waals surface area contributed by atoms with Crippen molar-refractivity contribution in [1.82, 2.24) is 15.0 Å². The van der Waals surface area contributed by atoms with Gasteiger partial charge in [0, 0.05) is 16.7 Å². The first-order valence-electron chi connectivity index (χ1n) is 24.6. The van der Waals surface area contributed by atoms with Crippen LogP contribution < -0.4 is 0 Å². The van der Waals surface area contributed by atoms with Crippen LogP contribution in [0.4, 0.5) is 0 Å². The summed E-state index contributed by atoms with van der Waals surface area (Å²) in [6.45, 7) is 0. The van der Waals surface area contributed by atoms with Gasteiger partial charge in [0.05, 0.1) is 20.6 Å². The molecule has 9 aromatic carbocycles. The van der Waals surface area contributed by atoms with Crippen LogP contribution in [0.2, 0.25) is 0 Å². The highest BCUT2D eigenvalue weighted by atomic mass is 15.0. The maximum atomic E-state index is 9.76.